The van der Waals surface area contributed by atoms with Crippen LogP contribution in [-0.4, -0.2) is 59.1 Å². The number of aryl methyl sites for hydroxylation is 1. The van der Waals surface area contributed by atoms with E-state index >= 15 is 0 Å². The molecule has 0 aliphatic carbocycles. The summed E-state index contributed by atoms with van der Waals surface area (Å²) >= 11 is 0. The molecule has 1 atom stereocenters. The van der Waals surface area contributed by atoms with Crippen LogP contribution < -0.4 is 4.90 Å². The molecule has 1 aliphatic rings. The van der Waals surface area contributed by atoms with Crippen molar-refractivity contribution >= 4 is 11.9 Å². The number of hydrogen-bond acceptors (Lipinski definition) is 6. The smallest absolute Gasteiger partial charge is 0.257 e. The monoisotopic (exact) mass is 355 g/mol. The highest BCUT2D eigenvalue weighted by molar-refractivity contribution is 5.95. The summed E-state index contributed by atoms with van der Waals surface area (Å²) in [7, 11) is 3.76. The summed E-state index contributed by atoms with van der Waals surface area (Å²) in [5.41, 5.74) is 2.25. The number of nitrogens with zero attached hydrogens (tertiary/aromatic N) is 5. The van der Waals surface area contributed by atoms with Crippen LogP contribution in [0, 0.1) is 6.92 Å². The van der Waals surface area contributed by atoms with Crippen molar-refractivity contribution in [1.29, 1.82) is 0 Å². The van der Waals surface area contributed by atoms with Crippen LogP contribution in [0.3, 0.4) is 0 Å². The molecule has 7 heteroatoms. The maximum absolute atomic E-state index is 13.2. The Morgan fingerprint density at radius 1 is 1.31 bits per heavy atom. The summed E-state index contributed by atoms with van der Waals surface area (Å²) in [6, 6.07) is 3.85. The number of ether oxygens (including phenoxy) is 1. The number of rotatable bonds is 6. The van der Waals surface area contributed by atoms with Gasteiger partial charge in [-0.25, -0.2) is 9.97 Å². The van der Waals surface area contributed by atoms with Gasteiger partial charge in [0.15, 0.2) is 0 Å². The Morgan fingerprint density at radius 3 is 2.69 bits per heavy atom. The van der Waals surface area contributed by atoms with Gasteiger partial charge < -0.3 is 14.5 Å². The Hall–Kier alpha value is -2.54. The molecule has 1 aliphatic heterocycles. The fourth-order valence-corrected chi connectivity index (χ4v) is 3.01. The molecule has 0 aromatic carbocycles. The highest BCUT2D eigenvalue weighted by atomic mass is 16.5. The Balaban J connectivity index is 1.83. The lowest BCUT2D eigenvalue weighted by molar-refractivity contribution is 0.0506. The molecule has 3 rings (SSSR count). The lowest BCUT2D eigenvalue weighted by Gasteiger charge is -2.26. The first-order chi connectivity index (χ1) is 12.5. The van der Waals surface area contributed by atoms with Crippen molar-refractivity contribution in [2.24, 2.45) is 0 Å². The lowest BCUT2D eigenvalue weighted by Crippen LogP contribution is -2.37. The van der Waals surface area contributed by atoms with Crippen molar-refractivity contribution < 1.29 is 9.53 Å². The fraction of sp³-hybridized carbons (Fsp3) is 0.474. The third-order valence-electron chi connectivity index (χ3n) is 4.46. The third kappa shape index (κ3) is 4.35. The Kier molecular flexibility index (Phi) is 5.78. The first kappa shape index (κ1) is 18.3. The standard InChI is InChI=1S/C19H25N5O2/c1-14-17(11-21-19(22-14)23(2)3)18(25)24(13-16-5-4-10-26-16)12-15-6-8-20-9-7-15/h6-9,11,16H,4-5,10,12-13H2,1-3H3/t16-/m0/s1. The summed E-state index contributed by atoms with van der Waals surface area (Å²) in [6.07, 6.45) is 7.21. The van der Waals surface area contributed by atoms with Crippen LogP contribution in [0.15, 0.2) is 30.7 Å². The quantitative estimate of drug-likeness (QED) is 0.790. The van der Waals surface area contributed by atoms with Crippen LogP contribution in [0.2, 0.25) is 0 Å². The maximum atomic E-state index is 13.2. The van der Waals surface area contributed by atoms with Crippen molar-refractivity contribution in [3.8, 4) is 0 Å². The number of amides is 1. The highest BCUT2D eigenvalue weighted by Gasteiger charge is 2.25. The zero-order valence-electron chi connectivity index (χ0n) is 15.6. The van der Waals surface area contributed by atoms with Crippen molar-refractivity contribution in [1.82, 2.24) is 19.9 Å². The van der Waals surface area contributed by atoms with Gasteiger partial charge in [-0.1, -0.05) is 0 Å². The fourth-order valence-electron chi connectivity index (χ4n) is 3.01. The number of hydrogen-bond donors (Lipinski definition) is 0. The van der Waals surface area contributed by atoms with E-state index in [1.54, 1.807) is 18.6 Å². The summed E-state index contributed by atoms with van der Waals surface area (Å²) in [6.45, 7) is 3.69. The molecule has 2 aromatic heterocycles. The van der Waals surface area contributed by atoms with Gasteiger partial charge in [0.2, 0.25) is 5.95 Å². The molecule has 0 N–H and O–H groups in total. The van der Waals surface area contributed by atoms with E-state index in [2.05, 4.69) is 15.0 Å². The van der Waals surface area contributed by atoms with Crippen LogP contribution in [0.5, 0.6) is 0 Å². The molecule has 138 valence electrons. The van der Waals surface area contributed by atoms with Gasteiger partial charge in [0, 0.05) is 52.4 Å². The van der Waals surface area contributed by atoms with Gasteiger partial charge in [-0.3, -0.25) is 9.78 Å². The summed E-state index contributed by atoms with van der Waals surface area (Å²) in [5, 5.41) is 0. The van der Waals surface area contributed by atoms with Crippen LogP contribution in [0.4, 0.5) is 5.95 Å². The van der Waals surface area contributed by atoms with Gasteiger partial charge in [-0.2, -0.15) is 0 Å². The number of pyridine rings is 1. The first-order valence-corrected chi connectivity index (χ1v) is 8.85. The van der Waals surface area contributed by atoms with Crippen LogP contribution in [-0.2, 0) is 11.3 Å². The lowest BCUT2D eigenvalue weighted by atomic mass is 10.1. The molecular formula is C19H25N5O2. The maximum Gasteiger partial charge on any atom is 0.257 e. The molecule has 0 spiro atoms. The second-order valence-corrected chi connectivity index (χ2v) is 6.74. The van der Waals surface area contributed by atoms with Gasteiger partial charge >= 0.3 is 0 Å². The molecule has 0 radical (unpaired) electrons. The predicted octanol–water partition coefficient (Wildman–Crippen LogP) is 2.07. The topological polar surface area (TPSA) is 71.5 Å². The van der Waals surface area contributed by atoms with Gasteiger partial charge in [0.05, 0.1) is 17.4 Å². The van der Waals surface area contributed by atoms with Crippen molar-refractivity contribution in [3.05, 3.63) is 47.5 Å². The van der Waals surface area contributed by atoms with Crippen molar-refractivity contribution in [2.75, 3.05) is 32.1 Å². The van der Waals surface area contributed by atoms with E-state index in [1.165, 1.54) is 0 Å². The van der Waals surface area contributed by atoms with E-state index in [9.17, 15) is 4.79 Å². The molecule has 26 heavy (non-hydrogen) atoms. The van der Waals surface area contributed by atoms with E-state index in [0.29, 0.717) is 30.3 Å². The summed E-state index contributed by atoms with van der Waals surface area (Å²) in [5.74, 6) is 0.527. The minimum Gasteiger partial charge on any atom is -0.376 e. The van der Waals surface area contributed by atoms with Gasteiger partial charge in [0.25, 0.3) is 5.91 Å². The number of aromatic nitrogens is 3. The normalized spacial score (nSPS) is 16.5. The Morgan fingerprint density at radius 2 is 2.08 bits per heavy atom. The summed E-state index contributed by atoms with van der Waals surface area (Å²) < 4.78 is 5.74. The molecule has 1 amide bonds. The summed E-state index contributed by atoms with van der Waals surface area (Å²) in [4.78, 5) is 29.6. The van der Waals surface area contributed by atoms with Gasteiger partial charge in [0.1, 0.15) is 0 Å². The molecule has 0 saturated carbocycles. The van der Waals surface area contributed by atoms with Gasteiger partial charge in [-0.15, -0.1) is 0 Å². The zero-order valence-corrected chi connectivity index (χ0v) is 15.6. The van der Waals surface area contributed by atoms with E-state index in [1.807, 2.05) is 43.0 Å². The largest absolute Gasteiger partial charge is 0.376 e. The first-order valence-electron chi connectivity index (χ1n) is 8.85. The minimum absolute atomic E-state index is 0.0693. The van der Waals surface area contributed by atoms with E-state index in [0.717, 1.165) is 25.0 Å². The van der Waals surface area contributed by atoms with Crippen molar-refractivity contribution in [2.45, 2.75) is 32.4 Å². The number of carbonyl (C=O) groups is 1. The molecule has 3 heterocycles. The van der Waals surface area contributed by atoms with E-state index in [4.69, 9.17) is 4.74 Å². The third-order valence-corrected chi connectivity index (χ3v) is 4.46. The number of anilines is 1. The molecular weight excluding hydrogens is 330 g/mol. The molecule has 0 unspecified atom stereocenters. The highest BCUT2D eigenvalue weighted by Crippen LogP contribution is 2.18. The predicted molar refractivity (Wildman–Crippen MR) is 99.0 cm³/mol. The second kappa shape index (κ2) is 8.23. The molecule has 2 aromatic rings. The SMILES string of the molecule is Cc1nc(N(C)C)ncc1C(=O)N(Cc1ccncc1)C[C@@H]1CCCO1. The Labute approximate surface area is 154 Å². The van der Waals surface area contributed by atoms with Crippen LogP contribution in [0.1, 0.15) is 34.5 Å². The second-order valence-electron chi connectivity index (χ2n) is 6.74. The average molecular weight is 355 g/mol. The molecule has 1 fully saturated rings. The van der Waals surface area contributed by atoms with E-state index in [-0.39, 0.29) is 12.0 Å². The van der Waals surface area contributed by atoms with Crippen LogP contribution in [0.25, 0.3) is 0 Å². The number of carbonyl (C=O) groups excluding carboxylic acids is 1. The Bertz CT molecular complexity index is 745. The van der Waals surface area contributed by atoms with Gasteiger partial charge in [-0.05, 0) is 37.5 Å². The molecule has 0 bridgehead atoms. The average Bonchev–Trinajstić information content (AvgIpc) is 3.14. The van der Waals surface area contributed by atoms with Crippen LogP contribution >= 0.6 is 0 Å². The molecule has 1 saturated heterocycles. The van der Waals surface area contributed by atoms with Crippen molar-refractivity contribution in [3.63, 3.8) is 0 Å². The minimum atomic E-state index is -0.0693. The van der Waals surface area contributed by atoms with E-state index < -0.39 is 0 Å². The molecule has 7 nitrogen and oxygen atoms in total. The zero-order chi connectivity index (χ0) is 18.5.